The molecule has 17 heavy (non-hydrogen) atoms. The third-order valence-electron chi connectivity index (χ3n) is 2.49. The Kier molecular flexibility index (Phi) is 5.15. The number of hydrogen-bond acceptors (Lipinski definition) is 3. The Bertz CT molecular complexity index is 395. The summed E-state index contributed by atoms with van der Waals surface area (Å²) in [6.45, 7) is 4.25. The molecule has 0 bridgehead atoms. The molecular weight excluding hydrogens is 214 g/mol. The van der Waals surface area contributed by atoms with Crippen molar-refractivity contribution < 1.29 is 4.79 Å². The minimum atomic E-state index is -0.571. The fourth-order valence-corrected chi connectivity index (χ4v) is 1.48. The summed E-state index contributed by atoms with van der Waals surface area (Å²) >= 11 is 0. The molecule has 90 valence electrons. The fourth-order valence-electron chi connectivity index (χ4n) is 1.48. The van der Waals surface area contributed by atoms with Crippen LogP contribution in [0.3, 0.4) is 0 Å². The summed E-state index contributed by atoms with van der Waals surface area (Å²) in [6.07, 6.45) is 2.41. The van der Waals surface area contributed by atoms with E-state index in [0.29, 0.717) is 13.0 Å². The quantitative estimate of drug-likeness (QED) is 0.835. The SMILES string of the molecule is CC(C)C(C#N)C(=O)NCCc1ccccn1. The lowest BCUT2D eigenvalue weighted by atomic mass is 9.97. The minimum absolute atomic E-state index is 0.0369. The third kappa shape index (κ3) is 4.23. The van der Waals surface area contributed by atoms with Crippen LogP contribution in [0.5, 0.6) is 0 Å². The van der Waals surface area contributed by atoms with E-state index in [4.69, 9.17) is 5.26 Å². The molecule has 1 rings (SSSR count). The molecular formula is C13H17N3O. The molecule has 0 saturated heterocycles. The third-order valence-corrected chi connectivity index (χ3v) is 2.49. The van der Waals surface area contributed by atoms with Gasteiger partial charge in [0, 0.05) is 24.9 Å². The van der Waals surface area contributed by atoms with Gasteiger partial charge in [-0.05, 0) is 18.1 Å². The smallest absolute Gasteiger partial charge is 0.237 e. The van der Waals surface area contributed by atoms with Crippen LogP contribution in [0.15, 0.2) is 24.4 Å². The molecule has 1 N–H and O–H groups in total. The van der Waals surface area contributed by atoms with E-state index >= 15 is 0 Å². The van der Waals surface area contributed by atoms with Crippen LogP contribution in [-0.4, -0.2) is 17.4 Å². The van der Waals surface area contributed by atoms with E-state index in [9.17, 15) is 4.79 Å². The predicted octanol–water partition coefficient (Wildman–Crippen LogP) is 1.54. The van der Waals surface area contributed by atoms with Crippen molar-refractivity contribution in [2.75, 3.05) is 6.54 Å². The van der Waals surface area contributed by atoms with Crippen LogP contribution in [0.2, 0.25) is 0 Å². The highest BCUT2D eigenvalue weighted by Gasteiger charge is 2.20. The number of amides is 1. The first-order chi connectivity index (χ1) is 8.15. The van der Waals surface area contributed by atoms with Crippen LogP contribution in [0.25, 0.3) is 0 Å². The Hall–Kier alpha value is -1.89. The van der Waals surface area contributed by atoms with Gasteiger partial charge in [0.1, 0.15) is 5.92 Å². The van der Waals surface area contributed by atoms with Crippen LogP contribution in [-0.2, 0) is 11.2 Å². The van der Waals surface area contributed by atoms with Gasteiger partial charge >= 0.3 is 0 Å². The lowest BCUT2D eigenvalue weighted by Gasteiger charge is -2.12. The Morgan fingerprint density at radius 1 is 1.53 bits per heavy atom. The summed E-state index contributed by atoms with van der Waals surface area (Å²) in [5.74, 6) is -0.730. The molecule has 4 nitrogen and oxygen atoms in total. The van der Waals surface area contributed by atoms with Crippen molar-refractivity contribution in [1.82, 2.24) is 10.3 Å². The molecule has 1 aromatic rings. The summed E-state index contributed by atoms with van der Waals surface area (Å²) < 4.78 is 0. The van der Waals surface area contributed by atoms with E-state index in [0.717, 1.165) is 5.69 Å². The van der Waals surface area contributed by atoms with Gasteiger partial charge in [-0.3, -0.25) is 9.78 Å². The first kappa shape index (κ1) is 13.2. The van der Waals surface area contributed by atoms with Gasteiger partial charge in [0.25, 0.3) is 0 Å². The van der Waals surface area contributed by atoms with Crippen molar-refractivity contribution >= 4 is 5.91 Å². The maximum atomic E-state index is 11.7. The Morgan fingerprint density at radius 2 is 2.29 bits per heavy atom. The molecule has 0 fully saturated rings. The summed E-state index contributed by atoms with van der Waals surface area (Å²) in [5.41, 5.74) is 0.936. The van der Waals surface area contributed by atoms with E-state index in [-0.39, 0.29) is 11.8 Å². The molecule has 0 aliphatic rings. The number of nitrogens with one attached hydrogen (secondary N) is 1. The molecule has 0 aliphatic carbocycles. The standard InChI is InChI=1S/C13H17N3O/c1-10(2)12(9-14)13(17)16-8-6-11-5-3-4-7-15-11/h3-5,7,10,12H,6,8H2,1-2H3,(H,16,17). The molecule has 1 aromatic heterocycles. The second-order valence-corrected chi connectivity index (χ2v) is 4.21. The molecule has 0 radical (unpaired) electrons. The average Bonchev–Trinajstić information content (AvgIpc) is 2.30. The van der Waals surface area contributed by atoms with Gasteiger partial charge in [-0.1, -0.05) is 19.9 Å². The summed E-state index contributed by atoms with van der Waals surface area (Å²) in [4.78, 5) is 15.8. The molecule has 1 amide bonds. The number of carbonyl (C=O) groups is 1. The highest BCUT2D eigenvalue weighted by atomic mass is 16.1. The second-order valence-electron chi connectivity index (χ2n) is 4.21. The number of pyridine rings is 1. The van der Waals surface area contributed by atoms with Gasteiger partial charge < -0.3 is 5.32 Å². The molecule has 1 atom stereocenters. The zero-order chi connectivity index (χ0) is 12.7. The molecule has 0 saturated carbocycles. The number of aromatic nitrogens is 1. The first-order valence-electron chi connectivity index (χ1n) is 5.72. The van der Waals surface area contributed by atoms with E-state index in [1.807, 2.05) is 38.1 Å². The van der Waals surface area contributed by atoms with Crippen LogP contribution in [0.4, 0.5) is 0 Å². The van der Waals surface area contributed by atoms with E-state index in [2.05, 4.69) is 10.3 Å². The van der Waals surface area contributed by atoms with Crippen LogP contribution in [0, 0.1) is 23.2 Å². The molecule has 0 aromatic carbocycles. The molecule has 0 spiro atoms. The minimum Gasteiger partial charge on any atom is -0.355 e. The zero-order valence-electron chi connectivity index (χ0n) is 10.2. The van der Waals surface area contributed by atoms with E-state index < -0.39 is 5.92 Å². The van der Waals surface area contributed by atoms with Crippen molar-refractivity contribution in [3.05, 3.63) is 30.1 Å². The maximum Gasteiger partial charge on any atom is 0.237 e. The average molecular weight is 231 g/mol. The highest BCUT2D eigenvalue weighted by Crippen LogP contribution is 2.09. The van der Waals surface area contributed by atoms with Crippen molar-refractivity contribution in [2.45, 2.75) is 20.3 Å². The van der Waals surface area contributed by atoms with Gasteiger partial charge in [0.05, 0.1) is 6.07 Å². The molecule has 1 heterocycles. The van der Waals surface area contributed by atoms with Crippen molar-refractivity contribution in [3.63, 3.8) is 0 Å². The first-order valence-corrected chi connectivity index (χ1v) is 5.72. The number of carbonyl (C=O) groups excluding carboxylic acids is 1. The van der Waals surface area contributed by atoms with E-state index in [1.165, 1.54) is 0 Å². The summed E-state index contributed by atoms with van der Waals surface area (Å²) in [6, 6.07) is 7.70. The monoisotopic (exact) mass is 231 g/mol. The number of rotatable bonds is 5. The number of nitrogens with zero attached hydrogens (tertiary/aromatic N) is 2. The number of nitriles is 1. The lowest BCUT2D eigenvalue weighted by Crippen LogP contribution is -2.34. The topological polar surface area (TPSA) is 65.8 Å². The molecule has 4 heteroatoms. The fraction of sp³-hybridized carbons (Fsp3) is 0.462. The highest BCUT2D eigenvalue weighted by molar-refractivity contribution is 5.81. The normalized spacial score (nSPS) is 11.9. The lowest BCUT2D eigenvalue weighted by molar-refractivity contribution is -0.124. The van der Waals surface area contributed by atoms with Crippen molar-refractivity contribution in [2.24, 2.45) is 11.8 Å². The van der Waals surface area contributed by atoms with Gasteiger partial charge in [-0.25, -0.2) is 0 Å². The van der Waals surface area contributed by atoms with Crippen molar-refractivity contribution in [1.29, 1.82) is 5.26 Å². The van der Waals surface area contributed by atoms with Crippen LogP contribution < -0.4 is 5.32 Å². The molecule has 1 unspecified atom stereocenters. The van der Waals surface area contributed by atoms with Crippen LogP contribution in [0.1, 0.15) is 19.5 Å². The van der Waals surface area contributed by atoms with Gasteiger partial charge in [0.2, 0.25) is 5.91 Å². The van der Waals surface area contributed by atoms with Gasteiger partial charge in [0.15, 0.2) is 0 Å². The maximum absolute atomic E-state index is 11.7. The van der Waals surface area contributed by atoms with Crippen molar-refractivity contribution in [3.8, 4) is 6.07 Å². The van der Waals surface area contributed by atoms with Gasteiger partial charge in [-0.15, -0.1) is 0 Å². The second kappa shape index (κ2) is 6.64. The molecule has 0 aliphatic heterocycles. The summed E-state index contributed by atoms with van der Waals surface area (Å²) in [5, 5.41) is 11.6. The largest absolute Gasteiger partial charge is 0.355 e. The summed E-state index contributed by atoms with van der Waals surface area (Å²) in [7, 11) is 0. The number of hydrogen-bond donors (Lipinski definition) is 1. The van der Waals surface area contributed by atoms with Gasteiger partial charge in [-0.2, -0.15) is 5.26 Å². The Balaban J connectivity index is 2.37. The van der Waals surface area contributed by atoms with E-state index in [1.54, 1.807) is 6.20 Å². The van der Waals surface area contributed by atoms with Crippen LogP contribution >= 0.6 is 0 Å². The zero-order valence-corrected chi connectivity index (χ0v) is 10.2. The predicted molar refractivity (Wildman–Crippen MR) is 64.9 cm³/mol. The Morgan fingerprint density at radius 3 is 2.82 bits per heavy atom. The Labute approximate surface area is 102 Å².